The van der Waals surface area contributed by atoms with Crippen LogP contribution >= 0.6 is 0 Å². The number of nitrogens with two attached hydrogens (primary N) is 1. The highest BCUT2D eigenvalue weighted by atomic mass is 16.4. The van der Waals surface area contributed by atoms with Gasteiger partial charge in [0.1, 0.15) is 6.04 Å². The van der Waals surface area contributed by atoms with Crippen LogP contribution in [-0.2, 0) is 31.1 Å². The van der Waals surface area contributed by atoms with Crippen LogP contribution in [0.5, 0.6) is 0 Å². The standard InChI is InChI=1S/C17H20N4O4/c1-20-14-5-3-2-4-12(14)15(22)21(17(20)25)11-7-6-10(19-9-11)8-13(18)16(23)24/h6-7,9,13H,2-5,8,18H2,1H3,(H,23,24)/t13-/m0/s1. The highest BCUT2D eigenvalue weighted by molar-refractivity contribution is 5.73. The Morgan fingerprint density at radius 1 is 1.32 bits per heavy atom. The maximum Gasteiger partial charge on any atom is 0.335 e. The minimum atomic E-state index is -1.11. The SMILES string of the molecule is Cn1c2c(c(=O)n(-c3ccc(C[C@H](N)C(=O)O)nc3)c1=O)CCCC2. The molecule has 0 saturated heterocycles. The van der Waals surface area contributed by atoms with Crippen molar-refractivity contribution in [1.82, 2.24) is 14.1 Å². The summed E-state index contributed by atoms with van der Waals surface area (Å²) in [6.45, 7) is 0. The van der Waals surface area contributed by atoms with Gasteiger partial charge < -0.3 is 15.4 Å². The van der Waals surface area contributed by atoms with Gasteiger partial charge in [-0.15, -0.1) is 0 Å². The Labute approximate surface area is 143 Å². The molecule has 2 heterocycles. The zero-order valence-electron chi connectivity index (χ0n) is 13.9. The van der Waals surface area contributed by atoms with Crippen molar-refractivity contribution in [1.29, 1.82) is 0 Å². The molecule has 2 aromatic heterocycles. The van der Waals surface area contributed by atoms with E-state index in [9.17, 15) is 14.4 Å². The Bertz CT molecular complexity index is 927. The smallest absolute Gasteiger partial charge is 0.335 e. The molecule has 1 aliphatic carbocycles. The highest BCUT2D eigenvalue weighted by Crippen LogP contribution is 2.16. The summed E-state index contributed by atoms with van der Waals surface area (Å²) in [6, 6.07) is 2.14. The van der Waals surface area contributed by atoms with Crippen molar-refractivity contribution >= 4 is 5.97 Å². The average Bonchev–Trinajstić information content (AvgIpc) is 2.61. The maximum atomic E-state index is 12.8. The van der Waals surface area contributed by atoms with E-state index in [1.54, 1.807) is 19.2 Å². The van der Waals surface area contributed by atoms with E-state index >= 15 is 0 Å². The number of carboxylic acids is 1. The van der Waals surface area contributed by atoms with E-state index in [2.05, 4.69) is 4.98 Å². The number of hydrogen-bond donors (Lipinski definition) is 2. The van der Waals surface area contributed by atoms with Gasteiger partial charge in [-0.1, -0.05) is 0 Å². The first-order valence-electron chi connectivity index (χ1n) is 8.17. The van der Waals surface area contributed by atoms with Gasteiger partial charge in [-0.05, 0) is 37.8 Å². The zero-order chi connectivity index (χ0) is 18.1. The molecule has 132 valence electrons. The molecule has 25 heavy (non-hydrogen) atoms. The third-order valence-electron chi connectivity index (χ3n) is 4.60. The van der Waals surface area contributed by atoms with E-state index in [0.717, 1.165) is 29.5 Å². The third-order valence-corrected chi connectivity index (χ3v) is 4.60. The molecule has 0 bridgehead atoms. The second kappa shape index (κ2) is 6.64. The summed E-state index contributed by atoms with van der Waals surface area (Å²) >= 11 is 0. The van der Waals surface area contributed by atoms with Gasteiger partial charge in [-0.3, -0.25) is 14.6 Å². The van der Waals surface area contributed by atoms with E-state index in [0.29, 0.717) is 23.4 Å². The molecule has 0 saturated carbocycles. The number of nitrogens with zero attached hydrogens (tertiary/aromatic N) is 3. The van der Waals surface area contributed by atoms with Crippen LogP contribution in [0.25, 0.3) is 5.69 Å². The monoisotopic (exact) mass is 344 g/mol. The Hall–Kier alpha value is -2.74. The molecule has 1 atom stereocenters. The van der Waals surface area contributed by atoms with E-state index in [1.165, 1.54) is 10.8 Å². The van der Waals surface area contributed by atoms with Gasteiger partial charge in [0.15, 0.2) is 0 Å². The normalized spacial score (nSPS) is 14.8. The minimum absolute atomic E-state index is 0.0761. The summed E-state index contributed by atoms with van der Waals surface area (Å²) in [4.78, 5) is 40.3. The average molecular weight is 344 g/mol. The number of rotatable bonds is 4. The van der Waals surface area contributed by atoms with Gasteiger partial charge in [0.05, 0.1) is 11.9 Å². The number of carboxylic acid groups (broad SMARTS) is 1. The second-order valence-electron chi connectivity index (χ2n) is 6.27. The fourth-order valence-electron chi connectivity index (χ4n) is 3.19. The number of aliphatic carboxylic acids is 1. The summed E-state index contributed by atoms with van der Waals surface area (Å²) < 4.78 is 2.65. The van der Waals surface area contributed by atoms with Crippen molar-refractivity contribution < 1.29 is 9.90 Å². The van der Waals surface area contributed by atoms with E-state index in [-0.39, 0.29) is 12.0 Å². The predicted octanol–water partition coefficient (Wildman–Crippen LogP) is -0.236. The Morgan fingerprint density at radius 3 is 2.68 bits per heavy atom. The Balaban J connectivity index is 2.03. The molecule has 8 heteroatoms. The van der Waals surface area contributed by atoms with Crippen molar-refractivity contribution in [2.24, 2.45) is 12.8 Å². The molecular weight excluding hydrogens is 324 g/mol. The third kappa shape index (κ3) is 3.12. The first-order chi connectivity index (χ1) is 11.9. The lowest BCUT2D eigenvalue weighted by atomic mass is 9.97. The number of pyridine rings is 1. The van der Waals surface area contributed by atoms with Crippen molar-refractivity contribution in [2.75, 3.05) is 0 Å². The molecule has 0 unspecified atom stereocenters. The van der Waals surface area contributed by atoms with Crippen LogP contribution in [0.2, 0.25) is 0 Å². The molecule has 0 spiro atoms. The lowest BCUT2D eigenvalue weighted by molar-refractivity contribution is -0.138. The first-order valence-corrected chi connectivity index (χ1v) is 8.17. The van der Waals surface area contributed by atoms with E-state index in [4.69, 9.17) is 10.8 Å². The molecule has 3 N–H and O–H groups in total. The molecule has 0 aliphatic heterocycles. The van der Waals surface area contributed by atoms with Crippen molar-refractivity contribution in [2.45, 2.75) is 38.1 Å². The van der Waals surface area contributed by atoms with Crippen LogP contribution in [0, 0.1) is 0 Å². The Kier molecular flexibility index (Phi) is 4.54. The molecule has 0 amide bonds. The predicted molar refractivity (Wildman–Crippen MR) is 91.0 cm³/mol. The molecule has 8 nitrogen and oxygen atoms in total. The largest absolute Gasteiger partial charge is 0.480 e. The van der Waals surface area contributed by atoms with E-state index in [1.807, 2.05) is 0 Å². The summed E-state index contributed by atoms with van der Waals surface area (Å²) in [6.07, 6.45) is 4.80. The van der Waals surface area contributed by atoms with Gasteiger partial charge in [0, 0.05) is 30.4 Å². The first kappa shape index (κ1) is 17.1. The molecule has 2 aromatic rings. The number of hydrogen-bond acceptors (Lipinski definition) is 5. The van der Waals surface area contributed by atoms with Gasteiger partial charge in [-0.2, -0.15) is 0 Å². The lowest BCUT2D eigenvalue weighted by Crippen LogP contribution is -2.42. The van der Waals surface area contributed by atoms with Crippen LogP contribution in [-0.4, -0.2) is 31.2 Å². The Morgan fingerprint density at radius 2 is 2.04 bits per heavy atom. The lowest BCUT2D eigenvalue weighted by Gasteiger charge is -2.20. The van der Waals surface area contributed by atoms with Gasteiger partial charge in [-0.25, -0.2) is 9.36 Å². The molecular formula is C17H20N4O4. The van der Waals surface area contributed by atoms with Crippen LogP contribution in [0.3, 0.4) is 0 Å². The summed E-state index contributed by atoms with van der Waals surface area (Å²) in [5, 5.41) is 8.85. The molecule has 3 rings (SSSR count). The summed E-state index contributed by atoms with van der Waals surface area (Å²) in [5.41, 5.74) is 7.15. The highest BCUT2D eigenvalue weighted by Gasteiger charge is 2.21. The number of carbonyl (C=O) groups is 1. The van der Waals surface area contributed by atoms with Gasteiger partial charge in [0.25, 0.3) is 5.56 Å². The number of fused-ring (bicyclic) bond motifs is 1. The summed E-state index contributed by atoms with van der Waals surface area (Å²) in [7, 11) is 1.68. The second-order valence-corrected chi connectivity index (χ2v) is 6.27. The zero-order valence-corrected chi connectivity index (χ0v) is 13.9. The quantitative estimate of drug-likeness (QED) is 0.790. The molecule has 0 aromatic carbocycles. The summed E-state index contributed by atoms with van der Waals surface area (Å²) in [5.74, 6) is -1.11. The topological polar surface area (TPSA) is 120 Å². The van der Waals surface area contributed by atoms with Gasteiger partial charge >= 0.3 is 11.7 Å². The van der Waals surface area contributed by atoms with Crippen LogP contribution in [0.4, 0.5) is 0 Å². The van der Waals surface area contributed by atoms with Crippen molar-refractivity contribution in [3.05, 3.63) is 56.1 Å². The molecule has 0 radical (unpaired) electrons. The van der Waals surface area contributed by atoms with Crippen molar-refractivity contribution in [3.8, 4) is 5.69 Å². The van der Waals surface area contributed by atoms with Crippen LogP contribution in [0.15, 0.2) is 27.9 Å². The molecule has 0 fully saturated rings. The van der Waals surface area contributed by atoms with E-state index < -0.39 is 17.7 Å². The van der Waals surface area contributed by atoms with Crippen LogP contribution < -0.4 is 17.0 Å². The molecule has 1 aliphatic rings. The number of aromatic nitrogens is 3. The van der Waals surface area contributed by atoms with Crippen molar-refractivity contribution in [3.63, 3.8) is 0 Å². The fraction of sp³-hybridized carbons (Fsp3) is 0.412. The van der Waals surface area contributed by atoms with Gasteiger partial charge in [0.2, 0.25) is 0 Å². The van der Waals surface area contributed by atoms with Crippen LogP contribution in [0.1, 0.15) is 29.8 Å². The minimum Gasteiger partial charge on any atom is -0.480 e. The maximum absolute atomic E-state index is 12.8. The fourth-order valence-corrected chi connectivity index (χ4v) is 3.19.